The van der Waals surface area contributed by atoms with Crippen LogP contribution in [-0.2, 0) is 4.79 Å². The van der Waals surface area contributed by atoms with E-state index in [0.717, 1.165) is 0 Å². The maximum atomic E-state index is 11.0. The van der Waals surface area contributed by atoms with E-state index in [1.807, 2.05) is 0 Å². The van der Waals surface area contributed by atoms with Crippen molar-refractivity contribution in [3.63, 3.8) is 0 Å². The predicted molar refractivity (Wildman–Crippen MR) is 57.8 cm³/mol. The summed E-state index contributed by atoms with van der Waals surface area (Å²) < 4.78 is 0.535. The van der Waals surface area contributed by atoms with Crippen LogP contribution in [0.2, 0.25) is 0 Å². The lowest BCUT2D eigenvalue weighted by molar-refractivity contribution is -0.149. The Morgan fingerprint density at radius 1 is 1.29 bits per heavy atom. The minimum absolute atomic E-state index is 0.324. The number of nitrogens with zero attached hydrogens (tertiary/aromatic N) is 1. The van der Waals surface area contributed by atoms with E-state index in [4.69, 9.17) is 10.2 Å². The van der Waals surface area contributed by atoms with Gasteiger partial charge in [0.1, 0.15) is 0 Å². The molecule has 14 heavy (non-hydrogen) atoms. The first-order valence-electron chi connectivity index (χ1n) is 4.29. The summed E-state index contributed by atoms with van der Waals surface area (Å²) in [5.74, 6) is -0.808. The van der Waals surface area contributed by atoms with Gasteiger partial charge in [0.25, 0.3) is 0 Å². The van der Waals surface area contributed by atoms with Gasteiger partial charge in [-0.1, -0.05) is 22.6 Å². The van der Waals surface area contributed by atoms with Gasteiger partial charge in [-0.2, -0.15) is 0 Å². The SMILES string of the molecule is O=C(O)N1CCC(CI)(C(=O)O)CC1. The lowest BCUT2D eigenvalue weighted by Crippen LogP contribution is -2.47. The van der Waals surface area contributed by atoms with Crippen molar-refractivity contribution >= 4 is 34.7 Å². The molecule has 5 nitrogen and oxygen atoms in total. The summed E-state index contributed by atoms with van der Waals surface area (Å²) in [6.07, 6.45) is -0.132. The molecule has 1 amide bonds. The molecule has 0 bridgehead atoms. The molecule has 1 fully saturated rings. The molecule has 1 aliphatic heterocycles. The van der Waals surface area contributed by atoms with Gasteiger partial charge in [0.2, 0.25) is 0 Å². The Bertz CT molecular complexity index is 248. The fourth-order valence-corrected chi connectivity index (χ4v) is 2.62. The van der Waals surface area contributed by atoms with E-state index in [0.29, 0.717) is 30.4 Å². The number of carboxylic acids is 1. The van der Waals surface area contributed by atoms with Crippen molar-refractivity contribution in [1.29, 1.82) is 0 Å². The van der Waals surface area contributed by atoms with Crippen molar-refractivity contribution < 1.29 is 19.8 Å². The number of carboxylic acid groups (broad SMARTS) is 2. The van der Waals surface area contributed by atoms with E-state index < -0.39 is 17.5 Å². The van der Waals surface area contributed by atoms with Gasteiger partial charge in [0, 0.05) is 17.5 Å². The molecule has 0 atom stereocenters. The van der Waals surface area contributed by atoms with Crippen LogP contribution in [-0.4, -0.2) is 44.7 Å². The number of likely N-dealkylation sites (tertiary alicyclic amines) is 1. The highest BCUT2D eigenvalue weighted by atomic mass is 127. The number of aliphatic carboxylic acids is 1. The van der Waals surface area contributed by atoms with Crippen molar-refractivity contribution in [2.75, 3.05) is 17.5 Å². The van der Waals surface area contributed by atoms with E-state index in [2.05, 4.69) is 22.6 Å². The molecule has 0 aromatic rings. The molecule has 0 radical (unpaired) electrons. The molecule has 0 aliphatic carbocycles. The van der Waals surface area contributed by atoms with E-state index in [1.54, 1.807) is 0 Å². The summed E-state index contributed by atoms with van der Waals surface area (Å²) in [6, 6.07) is 0. The molecule has 0 aromatic heterocycles. The zero-order chi connectivity index (χ0) is 10.8. The van der Waals surface area contributed by atoms with Gasteiger partial charge in [-0.15, -0.1) is 0 Å². The predicted octanol–water partition coefficient (Wildman–Crippen LogP) is 1.27. The lowest BCUT2D eigenvalue weighted by atomic mass is 9.80. The number of amides is 1. The number of alkyl halides is 1. The van der Waals surface area contributed by atoms with Crippen LogP contribution in [0.4, 0.5) is 4.79 Å². The van der Waals surface area contributed by atoms with Gasteiger partial charge in [0.05, 0.1) is 5.41 Å². The zero-order valence-corrected chi connectivity index (χ0v) is 9.73. The number of hydrogen-bond donors (Lipinski definition) is 2. The van der Waals surface area contributed by atoms with E-state index in [1.165, 1.54) is 4.90 Å². The van der Waals surface area contributed by atoms with Crippen LogP contribution < -0.4 is 0 Å². The topological polar surface area (TPSA) is 77.8 Å². The number of piperidine rings is 1. The summed E-state index contributed by atoms with van der Waals surface area (Å²) in [5, 5.41) is 17.7. The lowest BCUT2D eigenvalue weighted by Gasteiger charge is -2.36. The molecule has 1 rings (SSSR count). The van der Waals surface area contributed by atoms with Gasteiger partial charge < -0.3 is 15.1 Å². The molecular formula is C8H12INO4. The fraction of sp³-hybridized carbons (Fsp3) is 0.750. The summed E-state index contributed by atoms with van der Waals surface area (Å²) in [7, 11) is 0. The van der Waals surface area contributed by atoms with Crippen LogP contribution in [0.15, 0.2) is 0 Å². The maximum Gasteiger partial charge on any atom is 0.407 e. The number of rotatable bonds is 2. The summed E-state index contributed by atoms with van der Waals surface area (Å²) in [6.45, 7) is 0.648. The maximum absolute atomic E-state index is 11.0. The smallest absolute Gasteiger partial charge is 0.407 e. The van der Waals surface area contributed by atoms with Crippen molar-refractivity contribution in [3.8, 4) is 0 Å². The molecule has 80 valence electrons. The van der Waals surface area contributed by atoms with Crippen molar-refractivity contribution in [3.05, 3.63) is 0 Å². The van der Waals surface area contributed by atoms with Gasteiger partial charge in [0.15, 0.2) is 0 Å². The second kappa shape index (κ2) is 4.33. The average Bonchev–Trinajstić information content (AvgIpc) is 2.17. The van der Waals surface area contributed by atoms with E-state index >= 15 is 0 Å². The monoisotopic (exact) mass is 313 g/mol. The Morgan fingerprint density at radius 3 is 2.07 bits per heavy atom. The third kappa shape index (κ3) is 2.10. The first kappa shape index (κ1) is 11.5. The van der Waals surface area contributed by atoms with Gasteiger partial charge >= 0.3 is 12.1 Å². The Balaban J connectivity index is 2.64. The molecular weight excluding hydrogens is 301 g/mol. The molecule has 0 spiro atoms. The van der Waals surface area contributed by atoms with Crippen LogP contribution in [0.5, 0.6) is 0 Å². The molecule has 0 unspecified atom stereocenters. The molecule has 6 heteroatoms. The van der Waals surface area contributed by atoms with Crippen LogP contribution in [0.1, 0.15) is 12.8 Å². The summed E-state index contributed by atoms with van der Waals surface area (Å²) in [5.41, 5.74) is -0.716. The standard InChI is InChI=1S/C8H12INO4/c9-5-8(6(11)12)1-3-10(4-2-8)7(13)14/h1-5H2,(H,11,12)(H,13,14). The average molecular weight is 313 g/mol. The second-order valence-electron chi connectivity index (χ2n) is 3.49. The Hall–Kier alpha value is -0.530. The Labute approximate surface area is 95.2 Å². The molecule has 2 N–H and O–H groups in total. The normalized spacial score (nSPS) is 20.5. The minimum Gasteiger partial charge on any atom is -0.481 e. The Morgan fingerprint density at radius 2 is 1.79 bits per heavy atom. The minimum atomic E-state index is -0.961. The molecule has 1 saturated heterocycles. The molecule has 0 saturated carbocycles. The zero-order valence-electron chi connectivity index (χ0n) is 7.57. The Kier molecular flexibility index (Phi) is 3.57. The highest BCUT2D eigenvalue weighted by Crippen LogP contribution is 2.33. The van der Waals surface area contributed by atoms with Crippen molar-refractivity contribution in [2.45, 2.75) is 12.8 Å². The van der Waals surface area contributed by atoms with E-state index in [9.17, 15) is 9.59 Å². The first-order chi connectivity index (χ1) is 6.52. The number of hydrogen-bond acceptors (Lipinski definition) is 2. The highest BCUT2D eigenvalue weighted by Gasteiger charge is 2.41. The van der Waals surface area contributed by atoms with Crippen LogP contribution >= 0.6 is 22.6 Å². The van der Waals surface area contributed by atoms with Gasteiger partial charge in [-0.3, -0.25) is 4.79 Å². The highest BCUT2D eigenvalue weighted by molar-refractivity contribution is 14.1. The second-order valence-corrected chi connectivity index (χ2v) is 4.25. The molecule has 0 aromatic carbocycles. The number of carbonyl (C=O) groups is 2. The quantitative estimate of drug-likeness (QED) is 0.594. The number of halogens is 1. The van der Waals surface area contributed by atoms with Crippen LogP contribution in [0, 0.1) is 5.41 Å². The fourth-order valence-electron chi connectivity index (χ4n) is 1.53. The van der Waals surface area contributed by atoms with E-state index in [-0.39, 0.29) is 0 Å². The summed E-state index contributed by atoms with van der Waals surface area (Å²) >= 11 is 2.05. The van der Waals surface area contributed by atoms with Gasteiger partial charge in [-0.05, 0) is 12.8 Å². The van der Waals surface area contributed by atoms with Crippen molar-refractivity contribution in [2.24, 2.45) is 5.41 Å². The molecule has 1 aliphatic rings. The summed E-state index contributed by atoms with van der Waals surface area (Å²) in [4.78, 5) is 22.9. The van der Waals surface area contributed by atoms with Crippen LogP contribution in [0.25, 0.3) is 0 Å². The largest absolute Gasteiger partial charge is 0.481 e. The van der Waals surface area contributed by atoms with Gasteiger partial charge in [-0.25, -0.2) is 4.79 Å². The van der Waals surface area contributed by atoms with Crippen molar-refractivity contribution in [1.82, 2.24) is 4.90 Å². The molecule has 1 heterocycles. The third-order valence-electron chi connectivity index (χ3n) is 2.70. The van der Waals surface area contributed by atoms with Crippen LogP contribution in [0.3, 0.4) is 0 Å². The third-order valence-corrected chi connectivity index (χ3v) is 4.16. The first-order valence-corrected chi connectivity index (χ1v) is 5.82.